The van der Waals surface area contributed by atoms with Crippen molar-refractivity contribution in [3.05, 3.63) is 59.9 Å². The molecule has 168 valence electrons. The first-order valence-corrected chi connectivity index (χ1v) is 11.0. The van der Waals surface area contributed by atoms with Crippen molar-refractivity contribution in [2.75, 3.05) is 18.0 Å². The van der Waals surface area contributed by atoms with Crippen molar-refractivity contribution >= 4 is 11.7 Å². The number of hydrogen-bond acceptors (Lipinski definition) is 7. The maximum Gasteiger partial charge on any atom is 0.259 e. The molecule has 33 heavy (non-hydrogen) atoms. The van der Waals surface area contributed by atoms with Gasteiger partial charge in [0.1, 0.15) is 11.5 Å². The molecule has 1 aliphatic heterocycles. The van der Waals surface area contributed by atoms with Gasteiger partial charge in [-0.2, -0.15) is 10.3 Å². The summed E-state index contributed by atoms with van der Waals surface area (Å²) in [6.45, 7) is 3.72. The van der Waals surface area contributed by atoms with Crippen LogP contribution in [0.25, 0.3) is 22.6 Å². The van der Waals surface area contributed by atoms with E-state index in [1.54, 1.807) is 17.1 Å². The Bertz CT molecular complexity index is 1240. The Hall–Kier alpha value is -3.92. The van der Waals surface area contributed by atoms with Crippen LogP contribution in [0.4, 0.5) is 5.82 Å². The number of hydrogen-bond donors (Lipinski definition) is 2. The summed E-state index contributed by atoms with van der Waals surface area (Å²) in [4.78, 5) is 20.1. The molecule has 3 aromatic heterocycles. The lowest BCUT2D eigenvalue weighted by molar-refractivity contribution is 0.0971. The zero-order valence-corrected chi connectivity index (χ0v) is 18.6. The molecule has 1 unspecified atom stereocenters. The fraction of sp³-hybridized carbons (Fsp3) is 0.304. The van der Waals surface area contributed by atoms with Crippen LogP contribution < -0.4 is 10.2 Å². The molecular formula is C23H25N9O. The zero-order chi connectivity index (χ0) is 22.8. The number of benzene rings is 1. The van der Waals surface area contributed by atoms with E-state index >= 15 is 0 Å². The monoisotopic (exact) mass is 443 g/mol. The molecule has 1 saturated heterocycles. The van der Waals surface area contributed by atoms with Crippen molar-refractivity contribution in [1.29, 1.82) is 0 Å². The lowest BCUT2D eigenvalue weighted by atomic mass is 10.0. The third-order valence-electron chi connectivity index (χ3n) is 6.00. The minimum Gasteiger partial charge on any atom is -0.315 e. The average molecular weight is 444 g/mol. The molecule has 2 N–H and O–H groups in total. The Kier molecular flexibility index (Phi) is 5.66. The van der Waals surface area contributed by atoms with E-state index in [1.165, 1.54) is 0 Å². The Morgan fingerprint density at radius 2 is 2.06 bits per heavy atom. The van der Waals surface area contributed by atoms with Crippen LogP contribution in [-0.2, 0) is 7.05 Å². The number of carbonyl (C=O) groups excluding carboxylic acids is 1. The number of nitrogens with zero attached hydrogens (tertiary/aromatic N) is 7. The fourth-order valence-corrected chi connectivity index (χ4v) is 4.33. The fourth-order valence-electron chi connectivity index (χ4n) is 4.33. The molecule has 0 radical (unpaired) electrons. The summed E-state index contributed by atoms with van der Waals surface area (Å²) in [5, 5.41) is 22.1. The average Bonchev–Trinajstić information content (AvgIpc) is 3.51. The molecule has 0 spiro atoms. The molecule has 0 bridgehead atoms. The third-order valence-corrected chi connectivity index (χ3v) is 6.00. The van der Waals surface area contributed by atoms with Gasteiger partial charge in [0.2, 0.25) is 5.82 Å². The van der Waals surface area contributed by atoms with Gasteiger partial charge in [-0.1, -0.05) is 18.2 Å². The van der Waals surface area contributed by atoms with Crippen LogP contribution >= 0.6 is 0 Å². The van der Waals surface area contributed by atoms with E-state index < -0.39 is 0 Å². The van der Waals surface area contributed by atoms with Gasteiger partial charge in [0.05, 0.1) is 12.2 Å². The van der Waals surface area contributed by atoms with Gasteiger partial charge in [-0.3, -0.25) is 14.4 Å². The van der Waals surface area contributed by atoms with Crippen molar-refractivity contribution in [1.82, 2.24) is 40.7 Å². The molecule has 0 saturated carbocycles. The molecule has 4 aromatic rings. The number of aryl methyl sites for hydroxylation is 2. The molecule has 1 aromatic carbocycles. The van der Waals surface area contributed by atoms with E-state index in [9.17, 15) is 4.79 Å². The molecule has 0 aliphatic carbocycles. The summed E-state index contributed by atoms with van der Waals surface area (Å²) in [6, 6.07) is 11.5. The standard InChI is InChI=1S/C23H25N9O/c1-15-5-3-12-25-22(15)32(18-6-4-11-24-13-18)23(33)17-9-7-16(8-10-17)19-14-26-31(2)20(19)21-27-29-30-28-21/h3,5,7-10,12,14,18,24H,4,6,11,13H2,1-2H3,(H,27,28,29,30). The zero-order valence-electron chi connectivity index (χ0n) is 18.6. The predicted octanol–water partition coefficient (Wildman–Crippen LogP) is 2.37. The number of piperidine rings is 1. The normalized spacial score (nSPS) is 16.0. The molecule has 1 aliphatic rings. The Morgan fingerprint density at radius 3 is 2.76 bits per heavy atom. The highest BCUT2D eigenvalue weighted by Gasteiger charge is 2.29. The van der Waals surface area contributed by atoms with E-state index in [2.05, 4.69) is 36.0 Å². The van der Waals surface area contributed by atoms with Crippen molar-refractivity contribution in [3.63, 3.8) is 0 Å². The van der Waals surface area contributed by atoms with Crippen molar-refractivity contribution < 1.29 is 4.79 Å². The number of pyridine rings is 1. The van der Waals surface area contributed by atoms with Crippen molar-refractivity contribution in [2.45, 2.75) is 25.8 Å². The first-order chi connectivity index (χ1) is 16.1. The number of aromatic nitrogens is 7. The highest BCUT2D eigenvalue weighted by molar-refractivity contribution is 6.06. The van der Waals surface area contributed by atoms with Crippen LogP contribution in [-0.4, -0.2) is 60.4 Å². The maximum absolute atomic E-state index is 13.7. The van der Waals surface area contributed by atoms with Gasteiger partial charge >= 0.3 is 0 Å². The highest BCUT2D eigenvalue weighted by Crippen LogP contribution is 2.30. The molecule has 5 rings (SSSR count). The van der Waals surface area contributed by atoms with Crippen LogP contribution in [0, 0.1) is 6.92 Å². The summed E-state index contributed by atoms with van der Waals surface area (Å²) in [5.74, 6) is 1.13. The molecule has 10 heteroatoms. The number of tetrazole rings is 1. The first kappa shape index (κ1) is 21.0. The quantitative estimate of drug-likeness (QED) is 0.486. The second kappa shape index (κ2) is 8.91. The SMILES string of the molecule is Cc1cccnc1N(C(=O)c1ccc(-c2cnn(C)c2-c2nn[nH]n2)cc1)C1CCCNC1. The van der Waals surface area contributed by atoms with Crippen molar-refractivity contribution in [3.8, 4) is 22.6 Å². The molecule has 1 atom stereocenters. The van der Waals surface area contributed by atoms with Gasteiger partial charge in [0, 0.05) is 30.9 Å². The van der Waals surface area contributed by atoms with Gasteiger partial charge in [0.15, 0.2) is 0 Å². The number of rotatable bonds is 5. The minimum atomic E-state index is -0.0540. The second-order valence-electron chi connectivity index (χ2n) is 8.16. The van der Waals surface area contributed by atoms with Crippen molar-refractivity contribution in [2.24, 2.45) is 7.05 Å². The van der Waals surface area contributed by atoms with Crippen LogP contribution in [0.5, 0.6) is 0 Å². The number of carbonyl (C=O) groups is 1. The third kappa shape index (κ3) is 4.00. The van der Waals surface area contributed by atoms with Crippen LogP contribution in [0.15, 0.2) is 48.8 Å². The van der Waals surface area contributed by atoms with E-state index in [0.29, 0.717) is 17.2 Å². The summed E-state index contributed by atoms with van der Waals surface area (Å²) in [5.41, 5.74) is 4.13. The summed E-state index contributed by atoms with van der Waals surface area (Å²) >= 11 is 0. The Morgan fingerprint density at radius 1 is 1.21 bits per heavy atom. The number of aromatic amines is 1. The molecule has 1 amide bonds. The van der Waals surface area contributed by atoms with Gasteiger partial charge in [-0.25, -0.2) is 4.98 Å². The molecule has 4 heterocycles. The Balaban J connectivity index is 1.48. The topological polar surface area (TPSA) is 118 Å². The maximum atomic E-state index is 13.7. The number of anilines is 1. The first-order valence-electron chi connectivity index (χ1n) is 11.0. The highest BCUT2D eigenvalue weighted by atomic mass is 16.2. The lowest BCUT2D eigenvalue weighted by Gasteiger charge is -2.34. The van der Waals surface area contributed by atoms with Crippen LogP contribution in [0.1, 0.15) is 28.8 Å². The van der Waals surface area contributed by atoms with E-state index in [4.69, 9.17) is 0 Å². The predicted molar refractivity (Wildman–Crippen MR) is 123 cm³/mol. The largest absolute Gasteiger partial charge is 0.315 e. The lowest BCUT2D eigenvalue weighted by Crippen LogP contribution is -2.49. The summed E-state index contributed by atoms with van der Waals surface area (Å²) in [7, 11) is 1.83. The van der Waals surface area contributed by atoms with E-state index in [1.807, 2.05) is 55.3 Å². The number of nitrogens with one attached hydrogen (secondary N) is 2. The van der Waals surface area contributed by atoms with Crippen LogP contribution in [0.3, 0.4) is 0 Å². The summed E-state index contributed by atoms with van der Waals surface area (Å²) < 4.78 is 1.71. The molecular weight excluding hydrogens is 418 g/mol. The summed E-state index contributed by atoms with van der Waals surface area (Å²) in [6.07, 6.45) is 5.47. The molecule has 1 fully saturated rings. The van der Waals surface area contributed by atoms with Gasteiger partial charge in [-0.05, 0) is 60.8 Å². The van der Waals surface area contributed by atoms with E-state index in [-0.39, 0.29) is 11.9 Å². The van der Waals surface area contributed by atoms with Gasteiger partial charge in [0.25, 0.3) is 5.91 Å². The number of amides is 1. The van der Waals surface area contributed by atoms with Crippen LogP contribution in [0.2, 0.25) is 0 Å². The molecule has 10 nitrogen and oxygen atoms in total. The van der Waals surface area contributed by atoms with Gasteiger partial charge < -0.3 is 5.32 Å². The minimum absolute atomic E-state index is 0.0540. The second-order valence-corrected chi connectivity index (χ2v) is 8.16. The number of H-pyrrole nitrogens is 1. The smallest absolute Gasteiger partial charge is 0.259 e. The van der Waals surface area contributed by atoms with E-state index in [0.717, 1.165) is 48.3 Å². The Labute approximate surface area is 191 Å². The van der Waals surface area contributed by atoms with Gasteiger partial charge in [-0.15, -0.1) is 10.2 Å².